The van der Waals surface area contributed by atoms with Gasteiger partial charge in [0.05, 0.1) is 5.69 Å². The highest BCUT2D eigenvalue weighted by Crippen LogP contribution is 2.18. The summed E-state index contributed by atoms with van der Waals surface area (Å²) in [6.07, 6.45) is 2.80. The molecule has 2 N–H and O–H groups in total. The van der Waals surface area contributed by atoms with Crippen molar-refractivity contribution < 1.29 is 4.79 Å². The van der Waals surface area contributed by atoms with Crippen molar-refractivity contribution in [3.63, 3.8) is 0 Å². The molecule has 0 radical (unpaired) electrons. The predicted molar refractivity (Wildman–Crippen MR) is 71.1 cm³/mol. The van der Waals surface area contributed by atoms with E-state index in [9.17, 15) is 4.79 Å². The molecule has 0 spiro atoms. The molecule has 1 heterocycles. The van der Waals surface area contributed by atoms with Crippen LogP contribution < -0.4 is 5.73 Å². The van der Waals surface area contributed by atoms with E-state index >= 15 is 0 Å². The van der Waals surface area contributed by atoms with Crippen molar-refractivity contribution in [2.24, 2.45) is 0 Å². The van der Waals surface area contributed by atoms with Gasteiger partial charge in [0.25, 0.3) is 5.91 Å². The van der Waals surface area contributed by atoms with Crippen molar-refractivity contribution in [3.05, 3.63) is 18.0 Å². The fourth-order valence-corrected chi connectivity index (χ4v) is 1.93. The fourth-order valence-electron chi connectivity index (χ4n) is 1.93. The van der Waals surface area contributed by atoms with Crippen molar-refractivity contribution in [2.45, 2.75) is 40.2 Å². The number of carbonyl (C=O) groups excluding carboxylic acids is 1. The second kappa shape index (κ2) is 5.75. The lowest BCUT2D eigenvalue weighted by Gasteiger charge is -2.22. The van der Waals surface area contributed by atoms with E-state index in [0.29, 0.717) is 11.4 Å². The Hall–Kier alpha value is -1.45. The van der Waals surface area contributed by atoms with Crippen LogP contribution in [-0.2, 0) is 0 Å². The van der Waals surface area contributed by atoms with Crippen molar-refractivity contribution >= 4 is 11.6 Å². The Morgan fingerprint density at radius 3 is 2.59 bits per heavy atom. The molecular formula is C13H23N3O. The third kappa shape index (κ3) is 3.02. The number of carbonyl (C=O) groups is 1. The van der Waals surface area contributed by atoms with Gasteiger partial charge in [-0.1, -0.05) is 6.92 Å². The van der Waals surface area contributed by atoms with Crippen LogP contribution in [0.5, 0.6) is 0 Å². The molecule has 1 amide bonds. The first-order chi connectivity index (χ1) is 8.01. The van der Waals surface area contributed by atoms with Gasteiger partial charge in [0.1, 0.15) is 5.69 Å². The number of amides is 1. The molecule has 1 aromatic rings. The standard InChI is InChI=1S/C13H23N3O/c1-5-7-15(6-2)13(17)12-8-11(14)9-16(12)10(3)4/h8-10H,5-7,14H2,1-4H3. The van der Waals surface area contributed by atoms with Gasteiger partial charge in [-0.15, -0.1) is 0 Å². The maximum atomic E-state index is 12.4. The fraction of sp³-hybridized carbons (Fsp3) is 0.615. The number of anilines is 1. The van der Waals surface area contributed by atoms with E-state index in [1.165, 1.54) is 0 Å². The minimum absolute atomic E-state index is 0.0692. The Labute approximate surface area is 103 Å². The summed E-state index contributed by atoms with van der Waals surface area (Å²) < 4.78 is 1.94. The van der Waals surface area contributed by atoms with E-state index in [2.05, 4.69) is 6.92 Å². The number of aromatic nitrogens is 1. The predicted octanol–water partition coefficient (Wildman–Crippen LogP) is 2.52. The number of hydrogen-bond acceptors (Lipinski definition) is 2. The average molecular weight is 237 g/mol. The number of hydrogen-bond donors (Lipinski definition) is 1. The summed E-state index contributed by atoms with van der Waals surface area (Å²) >= 11 is 0. The highest BCUT2D eigenvalue weighted by atomic mass is 16.2. The van der Waals surface area contributed by atoms with Crippen LogP contribution in [0.3, 0.4) is 0 Å². The molecule has 4 heteroatoms. The van der Waals surface area contributed by atoms with Crippen molar-refractivity contribution in [1.29, 1.82) is 0 Å². The molecule has 1 aromatic heterocycles. The maximum absolute atomic E-state index is 12.4. The third-order valence-corrected chi connectivity index (χ3v) is 2.81. The number of rotatable bonds is 5. The second-order valence-corrected chi connectivity index (χ2v) is 4.54. The van der Waals surface area contributed by atoms with E-state index in [4.69, 9.17) is 5.73 Å². The van der Waals surface area contributed by atoms with Gasteiger partial charge in [0, 0.05) is 25.3 Å². The van der Waals surface area contributed by atoms with Gasteiger partial charge in [0.15, 0.2) is 0 Å². The van der Waals surface area contributed by atoms with Gasteiger partial charge in [-0.05, 0) is 33.3 Å². The maximum Gasteiger partial charge on any atom is 0.270 e. The lowest BCUT2D eigenvalue weighted by atomic mass is 10.3. The summed E-state index contributed by atoms with van der Waals surface area (Å²) in [4.78, 5) is 14.2. The molecule has 0 aliphatic carbocycles. The normalized spacial score (nSPS) is 10.9. The van der Waals surface area contributed by atoms with Gasteiger partial charge < -0.3 is 15.2 Å². The molecule has 0 atom stereocenters. The molecule has 0 saturated heterocycles. The van der Waals surface area contributed by atoms with Gasteiger partial charge in [-0.25, -0.2) is 0 Å². The number of nitrogen functional groups attached to an aromatic ring is 1. The molecule has 0 aliphatic heterocycles. The van der Waals surface area contributed by atoms with E-state index in [1.54, 1.807) is 6.07 Å². The first kappa shape index (κ1) is 13.6. The Morgan fingerprint density at radius 2 is 2.12 bits per heavy atom. The molecule has 0 aliphatic rings. The SMILES string of the molecule is CCCN(CC)C(=O)c1cc(N)cn1C(C)C. The Morgan fingerprint density at radius 1 is 1.47 bits per heavy atom. The van der Waals surface area contributed by atoms with Crippen LogP contribution in [0, 0.1) is 0 Å². The van der Waals surface area contributed by atoms with Crippen LogP contribution in [0.15, 0.2) is 12.3 Å². The third-order valence-electron chi connectivity index (χ3n) is 2.81. The van der Waals surface area contributed by atoms with Gasteiger partial charge in [0.2, 0.25) is 0 Å². The summed E-state index contributed by atoms with van der Waals surface area (Å²) in [5.74, 6) is 0.0692. The van der Waals surface area contributed by atoms with E-state index < -0.39 is 0 Å². The summed E-state index contributed by atoms with van der Waals surface area (Å²) in [7, 11) is 0. The van der Waals surface area contributed by atoms with Crippen molar-refractivity contribution in [1.82, 2.24) is 9.47 Å². The minimum Gasteiger partial charge on any atom is -0.397 e. The van der Waals surface area contributed by atoms with E-state index in [1.807, 2.05) is 36.4 Å². The molecule has 0 aromatic carbocycles. The first-order valence-corrected chi connectivity index (χ1v) is 6.27. The van der Waals surface area contributed by atoms with Crippen LogP contribution in [0.2, 0.25) is 0 Å². The highest BCUT2D eigenvalue weighted by Gasteiger charge is 2.19. The van der Waals surface area contributed by atoms with Crippen LogP contribution in [0.1, 0.15) is 50.6 Å². The zero-order valence-corrected chi connectivity index (χ0v) is 11.2. The lowest BCUT2D eigenvalue weighted by molar-refractivity contribution is 0.0752. The number of nitrogens with two attached hydrogens (primary N) is 1. The van der Waals surface area contributed by atoms with Crippen molar-refractivity contribution in [2.75, 3.05) is 18.8 Å². The molecule has 1 rings (SSSR count). The van der Waals surface area contributed by atoms with E-state index in [0.717, 1.165) is 19.5 Å². The first-order valence-electron chi connectivity index (χ1n) is 6.27. The molecule has 0 fully saturated rings. The van der Waals surface area contributed by atoms with Gasteiger partial charge >= 0.3 is 0 Å². The smallest absolute Gasteiger partial charge is 0.270 e. The quantitative estimate of drug-likeness (QED) is 0.855. The highest BCUT2D eigenvalue weighted by molar-refractivity contribution is 5.93. The van der Waals surface area contributed by atoms with Crippen LogP contribution in [-0.4, -0.2) is 28.5 Å². The van der Waals surface area contributed by atoms with E-state index in [-0.39, 0.29) is 11.9 Å². The Kier molecular flexibility index (Phi) is 4.61. The minimum atomic E-state index is 0.0692. The molecule has 0 unspecified atom stereocenters. The summed E-state index contributed by atoms with van der Waals surface area (Å²) in [5.41, 5.74) is 7.11. The molecule has 96 valence electrons. The van der Waals surface area contributed by atoms with Crippen LogP contribution in [0.4, 0.5) is 5.69 Å². The summed E-state index contributed by atoms with van der Waals surface area (Å²) in [6, 6.07) is 2.01. The molecule has 0 saturated carbocycles. The van der Waals surface area contributed by atoms with Gasteiger partial charge in [-0.3, -0.25) is 4.79 Å². The average Bonchev–Trinajstić information content (AvgIpc) is 2.67. The summed E-state index contributed by atoms with van der Waals surface area (Å²) in [6.45, 7) is 9.69. The molecular weight excluding hydrogens is 214 g/mol. The Bertz CT molecular complexity index is 382. The van der Waals surface area contributed by atoms with Crippen molar-refractivity contribution in [3.8, 4) is 0 Å². The largest absolute Gasteiger partial charge is 0.397 e. The summed E-state index contributed by atoms with van der Waals surface area (Å²) in [5, 5.41) is 0. The molecule has 17 heavy (non-hydrogen) atoms. The number of nitrogens with zero attached hydrogens (tertiary/aromatic N) is 2. The topological polar surface area (TPSA) is 51.3 Å². The van der Waals surface area contributed by atoms with Gasteiger partial charge in [-0.2, -0.15) is 0 Å². The molecule has 0 bridgehead atoms. The second-order valence-electron chi connectivity index (χ2n) is 4.54. The zero-order valence-electron chi connectivity index (χ0n) is 11.2. The molecule has 4 nitrogen and oxygen atoms in total. The Balaban J connectivity index is 3.01. The zero-order chi connectivity index (χ0) is 13.0. The lowest BCUT2D eigenvalue weighted by Crippen LogP contribution is -2.33. The monoisotopic (exact) mass is 237 g/mol. The van der Waals surface area contributed by atoms with Crippen LogP contribution in [0.25, 0.3) is 0 Å². The van der Waals surface area contributed by atoms with Crippen LogP contribution >= 0.6 is 0 Å².